The third-order valence-corrected chi connectivity index (χ3v) is 4.21. The maximum Gasteiger partial charge on any atom is 0.272 e. The Bertz CT molecular complexity index is 300. The number of nitrogens with one attached hydrogen (secondary N) is 1. The van der Waals surface area contributed by atoms with Gasteiger partial charge in [0.05, 0.1) is 18.7 Å². The number of carbonyl (C=O) groups excluding carboxylic acids is 1. The third kappa shape index (κ3) is 3.19. The summed E-state index contributed by atoms with van der Waals surface area (Å²) in [5, 5.41) is 0. The number of likely N-dealkylation sites (tertiary alicyclic amines) is 1. The van der Waals surface area contributed by atoms with Gasteiger partial charge in [-0.25, -0.2) is 0 Å². The van der Waals surface area contributed by atoms with E-state index in [-0.39, 0.29) is 11.5 Å². The second-order valence-corrected chi connectivity index (χ2v) is 6.46. The van der Waals surface area contributed by atoms with E-state index in [0.29, 0.717) is 12.0 Å². The van der Waals surface area contributed by atoms with Crippen LogP contribution in [0.3, 0.4) is 0 Å². The van der Waals surface area contributed by atoms with Crippen LogP contribution >= 0.6 is 0 Å². The number of rotatable bonds is 2. The largest absolute Gasteiger partial charge is 0.376 e. The van der Waals surface area contributed by atoms with Crippen molar-refractivity contribution in [2.75, 3.05) is 26.2 Å². The molecule has 4 nitrogen and oxygen atoms in total. The van der Waals surface area contributed by atoms with E-state index < -0.39 is 0 Å². The molecule has 1 unspecified atom stereocenters. The first-order valence-corrected chi connectivity index (χ1v) is 6.67. The minimum atomic E-state index is -0.177. The van der Waals surface area contributed by atoms with Crippen LogP contribution in [-0.2, 0) is 9.53 Å². The zero-order valence-electron chi connectivity index (χ0n) is 11.1. The minimum Gasteiger partial charge on any atom is -0.376 e. The van der Waals surface area contributed by atoms with Gasteiger partial charge in [-0.15, -0.1) is 0 Å². The lowest BCUT2D eigenvalue weighted by atomic mass is 9.69. The summed E-state index contributed by atoms with van der Waals surface area (Å²) in [5.74, 6) is -0.177. The third-order valence-electron chi connectivity index (χ3n) is 4.21. The number of primary amides is 1. The van der Waals surface area contributed by atoms with E-state index in [1.54, 1.807) is 0 Å². The van der Waals surface area contributed by atoms with Gasteiger partial charge in [0, 0.05) is 12.0 Å². The van der Waals surface area contributed by atoms with Crippen LogP contribution in [0.5, 0.6) is 0 Å². The van der Waals surface area contributed by atoms with Crippen LogP contribution in [0, 0.1) is 5.41 Å². The van der Waals surface area contributed by atoms with Crippen molar-refractivity contribution < 1.29 is 14.4 Å². The lowest BCUT2D eigenvalue weighted by Crippen LogP contribution is -3.15. The van der Waals surface area contributed by atoms with Gasteiger partial charge in [0.2, 0.25) is 0 Å². The molecule has 2 saturated heterocycles. The highest BCUT2D eigenvalue weighted by molar-refractivity contribution is 5.74. The maximum atomic E-state index is 11.0. The average Bonchev–Trinajstić information content (AvgIpc) is 2.13. The summed E-state index contributed by atoms with van der Waals surface area (Å²) in [6, 6.07) is 0. The molecule has 0 saturated carbocycles. The van der Waals surface area contributed by atoms with Crippen molar-refractivity contribution in [2.45, 2.75) is 45.1 Å². The topological polar surface area (TPSA) is 56.8 Å². The molecular formula is C13H25N2O2+. The molecule has 0 radical (unpaired) electrons. The van der Waals surface area contributed by atoms with Crippen molar-refractivity contribution >= 4 is 5.91 Å². The number of carbonyl (C=O) groups is 1. The van der Waals surface area contributed by atoms with Crippen LogP contribution in [0.25, 0.3) is 0 Å². The van der Waals surface area contributed by atoms with Crippen LogP contribution in [0.15, 0.2) is 0 Å². The summed E-state index contributed by atoms with van der Waals surface area (Å²) in [7, 11) is 0. The summed E-state index contributed by atoms with van der Waals surface area (Å²) in [4.78, 5) is 12.4. The molecule has 2 rings (SSSR count). The minimum absolute atomic E-state index is 0.00652. The predicted octanol–water partition coefficient (Wildman–Crippen LogP) is -0.274. The second-order valence-electron chi connectivity index (χ2n) is 6.46. The number of ether oxygens (including phenoxy) is 1. The standard InChI is InChI=1S/C13H24N2O2/c1-12(2)9-13(5-7-17-12)4-3-6-15(10-13)8-11(14)16/h3-10H2,1-2H3,(H2,14,16)/p+1/t13-/m0/s1. The molecule has 1 spiro atoms. The van der Waals surface area contributed by atoms with Gasteiger partial charge in [-0.3, -0.25) is 4.79 Å². The lowest BCUT2D eigenvalue weighted by Gasteiger charge is -2.47. The zero-order valence-corrected chi connectivity index (χ0v) is 11.1. The van der Waals surface area contributed by atoms with Crippen molar-refractivity contribution in [3.63, 3.8) is 0 Å². The fourth-order valence-electron chi connectivity index (χ4n) is 3.77. The molecule has 0 aliphatic carbocycles. The molecule has 0 aromatic heterocycles. The van der Waals surface area contributed by atoms with Gasteiger partial charge >= 0.3 is 0 Å². The smallest absolute Gasteiger partial charge is 0.272 e. The summed E-state index contributed by atoms with van der Waals surface area (Å²) in [5.41, 5.74) is 5.68. The summed E-state index contributed by atoms with van der Waals surface area (Å²) in [6.07, 6.45) is 4.74. The molecular weight excluding hydrogens is 216 g/mol. The Morgan fingerprint density at radius 3 is 2.82 bits per heavy atom. The highest BCUT2D eigenvalue weighted by atomic mass is 16.5. The van der Waals surface area contributed by atoms with E-state index in [2.05, 4.69) is 13.8 Å². The van der Waals surface area contributed by atoms with Crippen molar-refractivity contribution in [2.24, 2.45) is 11.1 Å². The van der Waals surface area contributed by atoms with Crippen molar-refractivity contribution in [3.8, 4) is 0 Å². The number of piperidine rings is 1. The Kier molecular flexibility index (Phi) is 3.46. The van der Waals surface area contributed by atoms with Gasteiger partial charge in [-0.1, -0.05) is 0 Å². The molecule has 1 amide bonds. The van der Waals surface area contributed by atoms with Gasteiger partial charge in [0.1, 0.15) is 0 Å². The SMILES string of the molecule is CC1(C)C[C@]2(CCC[NH+](CC(N)=O)C2)CCO1. The first-order chi connectivity index (χ1) is 7.91. The fraction of sp³-hybridized carbons (Fsp3) is 0.923. The van der Waals surface area contributed by atoms with Crippen molar-refractivity contribution in [3.05, 3.63) is 0 Å². The Morgan fingerprint density at radius 1 is 1.41 bits per heavy atom. The Morgan fingerprint density at radius 2 is 2.18 bits per heavy atom. The summed E-state index contributed by atoms with van der Waals surface area (Å²) < 4.78 is 5.81. The Hall–Kier alpha value is -0.610. The van der Waals surface area contributed by atoms with Crippen molar-refractivity contribution in [1.29, 1.82) is 0 Å². The molecule has 2 aliphatic heterocycles. The Balaban J connectivity index is 2.02. The lowest BCUT2D eigenvalue weighted by molar-refractivity contribution is -0.905. The number of hydrogen-bond donors (Lipinski definition) is 2. The highest BCUT2D eigenvalue weighted by Crippen LogP contribution is 2.42. The molecule has 2 heterocycles. The highest BCUT2D eigenvalue weighted by Gasteiger charge is 2.45. The molecule has 0 bridgehead atoms. The summed E-state index contributed by atoms with van der Waals surface area (Å²) >= 11 is 0. The van der Waals surface area contributed by atoms with E-state index in [4.69, 9.17) is 10.5 Å². The fourth-order valence-corrected chi connectivity index (χ4v) is 3.77. The van der Waals surface area contributed by atoms with E-state index in [9.17, 15) is 4.79 Å². The predicted molar refractivity (Wildman–Crippen MR) is 65.7 cm³/mol. The van der Waals surface area contributed by atoms with Crippen LogP contribution < -0.4 is 10.6 Å². The van der Waals surface area contributed by atoms with Gasteiger partial charge in [-0.05, 0) is 39.5 Å². The van der Waals surface area contributed by atoms with E-state index in [0.717, 1.165) is 32.5 Å². The number of hydrogen-bond acceptors (Lipinski definition) is 2. The molecule has 4 heteroatoms. The van der Waals surface area contributed by atoms with Crippen LogP contribution in [-0.4, -0.2) is 37.7 Å². The molecule has 2 atom stereocenters. The van der Waals surface area contributed by atoms with Gasteiger partial charge in [0.25, 0.3) is 5.91 Å². The molecule has 3 N–H and O–H groups in total. The average molecular weight is 241 g/mol. The number of nitrogens with two attached hydrogens (primary N) is 1. The number of amides is 1. The van der Waals surface area contributed by atoms with Crippen LogP contribution in [0.4, 0.5) is 0 Å². The molecule has 0 aromatic carbocycles. The quantitative estimate of drug-likeness (QED) is 0.699. The molecule has 0 aromatic rings. The molecule has 98 valence electrons. The Labute approximate surface area is 103 Å². The van der Waals surface area contributed by atoms with E-state index >= 15 is 0 Å². The molecule has 2 fully saturated rings. The molecule has 17 heavy (non-hydrogen) atoms. The second kappa shape index (κ2) is 4.58. The van der Waals surface area contributed by atoms with Gasteiger partial charge < -0.3 is 15.4 Å². The van der Waals surface area contributed by atoms with Gasteiger partial charge in [-0.2, -0.15) is 0 Å². The zero-order chi connectivity index (χ0) is 12.5. The summed E-state index contributed by atoms with van der Waals surface area (Å²) in [6.45, 7) is 7.88. The maximum absolute atomic E-state index is 11.0. The van der Waals surface area contributed by atoms with E-state index in [1.807, 2.05) is 0 Å². The van der Waals surface area contributed by atoms with E-state index in [1.165, 1.54) is 17.7 Å². The van der Waals surface area contributed by atoms with Crippen molar-refractivity contribution in [1.82, 2.24) is 0 Å². The first kappa shape index (κ1) is 12.8. The number of quaternary nitrogens is 1. The van der Waals surface area contributed by atoms with Gasteiger partial charge in [0.15, 0.2) is 6.54 Å². The van der Waals surface area contributed by atoms with Crippen LogP contribution in [0.2, 0.25) is 0 Å². The van der Waals surface area contributed by atoms with Crippen LogP contribution in [0.1, 0.15) is 39.5 Å². The monoisotopic (exact) mass is 241 g/mol. The first-order valence-electron chi connectivity index (χ1n) is 6.67. The normalized spacial score (nSPS) is 36.9. The molecule has 2 aliphatic rings.